The minimum atomic E-state index is -0.505. The second kappa shape index (κ2) is 6.22. The summed E-state index contributed by atoms with van der Waals surface area (Å²) in [4.78, 5) is 26.0. The number of carbonyl (C=O) groups excluding carboxylic acids is 2. The normalized spacial score (nSPS) is 16.6. The van der Waals surface area contributed by atoms with Crippen molar-refractivity contribution in [2.75, 3.05) is 13.7 Å². The molecule has 1 heterocycles. The van der Waals surface area contributed by atoms with Gasteiger partial charge in [0.15, 0.2) is 0 Å². The molecule has 0 aliphatic carbocycles. The Morgan fingerprint density at radius 3 is 2.57 bits per heavy atom. The zero-order chi connectivity index (χ0) is 15.4. The summed E-state index contributed by atoms with van der Waals surface area (Å²) in [5.74, 6) is -0.716. The molecule has 21 heavy (non-hydrogen) atoms. The third-order valence-electron chi connectivity index (χ3n) is 3.32. The first-order valence-electron chi connectivity index (χ1n) is 6.59. The predicted molar refractivity (Wildman–Crippen MR) is 81.0 cm³/mol. The van der Waals surface area contributed by atoms with Crippen LogP contribution in [0.15, 0.2) is 59.8 Å². The van der Waals surface area contributed by atoms with E-state index in [0.29, 0.717) is 23.4 Å². The molecule has 0 saturated heterocycles. The highest BCUT2D eigenvalue weighted by Gasteiger charge is 2.36. The first kappa shape index (κ1) is 14.8. The molecule has 0 spiro atoms. The van der Waals surface area contributed by atoms with Crippen LogP contribution in [0.3, 0.4) is 0 Å². The standard InChI is InChI=1S/C17H17NO3/c1-4-10-18-12(2)15(17(20)21-3)14(16(18)19)11-13-8-6-5-7-9-13/h4-9,11H,1,10H2,2-3H3. The molecule has 1 aliphatic heterocycles. The Balaban J connectivity index is 2.52. The van der Waals surface area contributed by atoms with Gasteiger partial charge in [0.1, 0.15) is 0 Å². The quantitative estimate of drug-likeness (QED) is 0.484. The number of benzene rings is 1. The molecule has 4 heteroatoms. The third kappa shape index (κ3) is 2.79. The fourth-order valence-electron chi connectivity index (χ4n) is 2.29. The molecule has 0 fully saturated rings. The summed E-state index contributed by atoms with van der Waals surface area (Å²) >= 11 is 0. The molecule has 0 aromatic heterocycles. The maximum atomic E-state index is 12.5. The Kier molecular flexibility index (Phi) is 4.38. The molecule has 0 radical (unpaired) electrons. The van der Waals surface area contributed by atoms with Gasteiger partial charge in [-0.15, -0.1) is 6.58 Å². The molecule has 0 bridgehead atoms. The molecular formula is C17H17NO3. The number of nitrogens with zero attached hydrogens (tertiary/aromatic N) is 1. The number of carbonyl (C=O) groups is 2. The number of hydrogen-bond acceptors (Lipinski definition) is 3. The Morgan fingerprint density at radius 1 is 1.33 bits per heavy atom. The van der Waals surface area contributed by atoms with Crippen molar-refractivity contribution < 1.29 is 14.3 Å². The zero-order valence-corrected chi connectivity index (χ0v) is 12.1. The molecule has 1 aromatic rings. The highest BCUT2D eigenvalue weighted by Crippen LogP contribution is 2.31. The van der Waals surface area contributed by atoms with Crippen LogP contribution in [0, 0.1) is 0 Å². The van der Waals surface area contributed by atoms with Gasteiger partial charge >= 0.3 is 5.97 Å². The summed E-state index contributed by atoms with van der Waals surface area (Å²) in [5, 5.41) is 0. The molecule has 1 aromatic carbocycles. The monoisotopic (exact) mass is 283 g/mol. The van der Waals surface area contributed by atoms with Crippen LogP contribution in [-0.4, -0.2) is 30.4 Å². The highest BCUT2D eigenvalue weighted by molar-refractivity contribution is 6.16. The van der Waals surface area contributed by atoms with Crippen molar-refractivity contribution in [2.24, 2.45) is 0 Å². The first-order valence-corrected chi connectivity index (χ1v) is 6.59. The summed E-state index contributed by atoms with van der Waals surface area (Å²) in [6.07, 6.45) is 3.34. The van der Waals surface area contributed by atoms with Crippen LogP contribution in [0.25, 0.3) is 6.08 Å². The fraction of sp³-hybridized carbons (Fsp3) is 0.176. The molecule has 108 valence electrons. The van der Waals surface area contributed by atoms with E-state index in [1.807, 2.05) is 30.3 Å². The SMILES string of the molecule is C=CCN1C(=O)C(=Cc2ccccc2)C(C(=O)OC)=C1C. The van der Waals surface area contributed by atoms with E-state index in [0.717, 1.165) is 5.56 Å². The smallest absolute Gasteiger partial charge is 0.340 e. The van der Waals surface area contributed by atoms with E-state index in [-0.39, 0.29) is 5.91 Å². The van der Waals surface area contributed by atoms with Gasteiger partial charge in [0.05, 0.1) is 18.3 Å². The molecular weight excluding hydrogens is 266 g/mol. The summed E-state index contributed by atoms with van der Waals surface area (Å²) in [5.41, 5.74) is 2.12. The van der Waals surface area contributed by atoms with Gasteiger partial charge in [-0.2, -0.15) is 0 Å². The van der Waals surface area contributed by atoms with Gasteiger partial charge in [-0.3, -0.25) is 4.79 Å². The van der Waals surface area contributed by atoms with Crippen molar-refractivity contribution in [3.8, 4) is 0 Å². The molecule has 2 rings (SSSR count). The Labute approximate surface area is 124 Å². The van der Waals surface area contributed by atoms with Crippen LogP contribution in [0.2, 0.25) is 0 Å². The molecule has 1 amide bonds. The summed E-state index contributed by atoms with van der Waals surface area (Å²) in [7, 11) is 1.31. The summed E-state index contributed by atoms with van der Waals surface area (Å²) in [6, 6.07) is 9.40. The van der Waals surface area contributed by atoms with Gasteiger partial charge in [0, 0.05) is 12.2 Å². The van der Waals surface area contributed by atoms with Crippen LogP contribution in [-0.2, 0) is 14.3 Å². The fourth-order valence-corrected chi connectivity index (χ4v) is 2.29. The van der Waals surface area contributed by atoms with E-state index in [1.54, 1.807) is 19.1 Å². The molecule has 1 aliphatic rings. The largest absolute Gasteiger partial charge is 0.465 e. The zero-order valence-electron chi connectivity index (χ0n) is 12.1. The average Bonchev–Trinajstić information content (AvgIpc) is 2.73. The van der Waals surface area contributed by atoms with Gasteiger partial charge in [0.25, 0.3) is 5.91 Å². The van der Waals surface area contributed by atoms with Crippen molar-refractivity contribution in [3.63, 3.8) is 0 Å². The predicted octanol–water partition coefficient (Wildman–Crippen LogP) is 2.55. The molecule has 0 saturated carbocycles. The first-order chi connectivity index (χ1) is 10.1. The Hall–Kier alpha value is -2.62. The second-order valence-corrected chi connectivity index (χ2v) is 4.63. The van der Waals surface area contributed by atoms with Crippen molar-refractivity contribution in [3.05, 3.63) is 65.4 Å². The van der Waals surface area contributed by atoms with Crippen LogP contribution in [0.1, 0.15) is 12.5 Å². The number of ether oxygens (including phenoxy) is 1. The van der Waals surface area contributed by atoms with Gasteiger partial charge in [0.2, 0.25) is 0 Å². The minimum absolute atomic E-state index is 0.211. The van der Waals surface area contributed by atoms with Gasteiger partial charge in [-0.25, -0.2) is 4.79 Å². The van der Waals surface area contributed by atoms with E-state index in [9.17, 15) is 9.59 Å². The van der Waals surface area contributed by atoms with Crippen molar-refractivity contribution in [2.45, 2.75) is 6.92 Å². The van der Waals surface area contributed by atoms with Crippen LogP contribution >= 0.6 is 0 Å². The topological polar surface area (TPSA) is 46.6 Å². The number of allylic oxidation sites excluding steroid dienone is 1. The number of hydrogen-bond donors (Lipinski definition) is 0. The van der Waals surface area contributed by atoms with E-state index in [4.69, 9.17) is 4.74 Å². The average molecular weight is 283 g/mol. The second-order valence-electron chi connectivity index (χ2n) is 4.63. The minimum Gasteiger partial charge on any atom is -0.465 e. The van der Waals surface area contributed by atoms with Crippen LogP contribution in [0.5, 0.6) is 0 Å². The molecule has 4 nitrogen and oxygen atoms in total. The Bertz CT molecular complexity index is 641. The van der Waals surface area contributed by atoms with Crippen molar-refractivity contribution in [1.82, 2.24) is 4.90 Å². The molecule has 0 atom stereocenters. The maximum absolute atomic E-state index is 12.5. The van der Waals surface area contributed by atoms with Gasteiger partial charge < -0.3 is 9.64 Å². The van der Waals surface area contributed by atoms with Crippen LogP contribution in [0.4, 0.5) is 0 Å². The lowest BCUT2D eigenvalue weighted by Gasteiger charge is -2.14. The van der Waals surface area contributed by atoms with E-state index < -0.39 is 5.97 Å². The lowest BCUT2D eigenvalue weighted by Crippen LogP contribution is -2.24. The Morgan fingerprint density at radius 2 is 2.00 bits per heavy atom. The van der Waals surface area contributed by atoms with E-state index in [2.05, 4.69) is 6.58 Å². The van der Waals surface area contributed by atoms with Crippen molar-refractivity contribution >= 4 is 18.0 Å². The maximum Gasteiger partial charge on any atom is 0.340 e. The van der Waals surface area contributed by atoms with Gasteiger partial charge in [-0.1, -0.05) is 36.4 Å². The summed E-state index contributed by atoms with van der Waals surface area (Å²) < 4.78 is 4.80. The number of esters is 1. The van der Waals surface area contributed by atoms with E-state index >= 15 is 0 Å². The van der Waals surface area contributed by atoms with Gasteiger partial charge in [-0.05, 0) is 18.6 Å². The molecule has 0 N–H and O–H groups in total. The van der Waals surface area contributed by atoms with E-state index in [1.165, 1.54) is 12.0 Å². The number of amides is 1. The summed E-state index contributed by atoms with van der Waals surface area (Å²) in [6.45, 7) is 5.73. The molecule has 0 unspecified atom stereocenters. The van der Waals surface area contributed by atoms with Crippen molar-refractivity contribution in [1.29, 1.82) is 0 Å². The lowest BCUT2D eigenvalue weighted by atomic mass is 10.0. The lowest BCUT2D eigenvalue weighted by molar-refractivity contribution is -0.136. The number of methoxy groups -OCH3 is 1. The number of rotatable bonds is 4. The highest BCUT2D eigenvalue weighted by atomic mass is 16.5. The third-order valence-corrected chi connectivity index (χ3v) is 3.32. The van der Waals surface area contributed by atoms with Crippen LogP contribution < -0.4 is 0 Å².